The van der Waals surface area contributed by atoms with Crippen molar-refractivity contribution in [3.63, 3.8) is 0 Å². The van der Waals surface area contributed by atoms with E-state index in [1.54, 1.807) is 0 Å². The maximum atomic E-state index is 12.9. The Balaban J connectivity index is 2.39. The van der Waals surface area contributed by atoms with Crippen molar-refractivity contribution in [1.29, 1.82) is 5.26 Å². The summed E-state index contributed by atoms with van der Waals surface area (Å²) in [6, 6.07) is 9.43. The van der Waals surface area contributed by atoms with Crippen LogP contribution in [-0.2, 0) is 0 Å². The standard InChI is InChI=1S/C13H7ClFN3O2/c14-11-6-9(15)1-3-13(11)17-12-4-2-10(18(19)20)5-8(12)7-16/h1-6,17H. The number of non-ortho nitro benzene ring substituents is 1. The molecule has 0 aliphatic heterocycles. The van der Waals surface area contributed by atoms with Crippen molar-refractivity contribution in [3.05, 3.63) is 62.9 Å². The lowest BCUT2D eigenvalue weighted by molar-refractivity contribution is -0.384. The van der Waals surface area contributed by atoms with Gasteiger partial charge >= 0.3 is 0 Å². The lowest BCUT2D eigenvalue weighted by Gasteiger charge is -2.09. The third-order valence-corrected chi connectivity index (χ3v) is 2.85. The Morgan fingerprint density at radius 2 is 1.95 bits per heavy atom. The molecule has 0 radical (unpaired) electrons. The van der Waals surface area contributed by atoms with Crippen LogP contribution in [0.2, 0.25) is 5.02 Å². The molecule has 0 bridgehead atoms. The Bertz CT molecular complexity index is 728. The summed E-state index contributed by atoms with van der Waals surface area (Å²) >= 11 is 5.86. The zero-order valence-electron chi connectivity index (χ0n) is 9.93. The van der Waals surface area contributed by atoms with Crippen LogP contribution in [0.15, 0.2) is 36.4 Å². The first-order valence-electron chi connectivity index (χ1n) is 5.42. The van der Waals surface area contributed by atoms with E-state index in [2.05, 4.69) is 5.32 Å². The van der Waals surface area contributed by atoms with E-state index >= 15 is 0 Å². The van der Waals surface area contributed by atoms with Crippen molar-refractivity contribution in [2.45, 2.75) is 0 Å². The maximum absolute atomic E-state index is 12.9. The number of nitrogens with zero attached hydrogens (tertiary/aromatic N) is 2. The maximum Gasteiger partial charge on any atom is 0.270 e. The SMILES string of the molecule is N#Cc1cc([N+](=O)[O-])ccc1Nc1ccc(F)cc1Cl. The van der Waals surface area contributed by atoms with Gasteiger partial charge < -0.3 is 5.32 Å². The Hall–Kier alpha value is -2.65. The van der Waals surface area contributed by atoms with Gasteiger partial charge in [0, 0.05) is 12.1 Å². The average molecular weight is 292 g/mol. The van der Waals surface area contributed by atoms with Crippen molar-refractivity contribution < 1.29 is 9.31 Å². The molecule has 0 unspecified atom stereocenters. The molecule has 100 valence electrons. The van der Waals surface area contributed by atoms with Gasteiger partial charge in [0.15, 0.2) is 0 Å². The van der Waals surface area contributed by atoms with Crippen LogP contribution in [0.5, 0.6) is 0 Å². The van der Waals surface area contributed by atoms with Crippen LogP contribution in [0.25, 0.3) is 0 Å². The number of benzene rings is 2. The highest BCUT2D eigenvalue weighted by Gasteiger charge is 2.11. The molecule has 5 nitrogen and oxygen atoms in total. The fourth-order valence-corrected chi connectivity index (χ4v) is 1.80. The van der Waals surface area contributed by atoms with Gasteiger partial charge in [-0.15, -0.1) is 0 Å². The van der Waals surface area contributed by atoms with Crippen LogP contribution in [-0.4, -0.2) is 4.92 Å². The Morgan fingerprint density at radius 1 is 1.25 bits per heavy atom. The topological polar surface area (TPSA) is 79.0 Å². The van der Waals surface area contributed by atoms with Crippen molar-refractivity contribution >= 4 is 28.7 Å². The zero-order chi connectivity index (χ0) is 14.7. The van der Waals surface area contributed by atoms with E-state index in [9.17, 15) is 14.5 Å². The molecule has 1 N–H and O–H groups in total. The van der Waals surface area contributed by atoms with Crippen LogP contribution in [0, 0.1) is 27.3 Å². The number of anilines is 2. The van der Waals surface area contributed by atoms with Gasteiger partial charge in [-0.25, -0.2) is 4.39 Å². The van der Waals surface area contributed by atoms with Crippen LogP contribution < -0.4 is 5.32 Å². The van der Waals surface area contributed by atoms with E-state index in [1.807, 2.05) is 6.07 Å². The van der Waals surface area contributed by atoms with Gasteiger partial charge in [-0.05, 0) is 24.3 Å². The fraction of sp³-hybridized carbons (Fsp3) is 0. The molecule has 0 aromatic heterocycles. The lowest BCUT2D eigenvalue weighted by atomic mass is 10.1. The number of halogens is 2. The van der Waals surface area contributed by atoms with Gasteiger partial charge in [-0.3, -0.25) is 10.1 Å². The highest BCUT2D eigenvalue weighted by atomic mass is 35.5. The second-order valence-corrected chi connectivity index (χ2v) is 4.26. The van der Waals surface area contributed by atoms with Gasteiger partial charge in [0.2, 0.25) is 0 Å². The third-order valence-electron chi connectivity index (χ3n) is 2.53. The van der Waals surface area contributed by atoms with Gasteiger partial charge in [-0.2, -0.15) is 5.26 Å². The minimum atomic E-state index is -0.588. The van der Waals surface area contributed by atoms with Crippen LogP contribution in [0.1, 0.15) is 5.56 Å². The summed E-state index contributed by atoms with van der Waals surface area (Å²) in [6.45, 7) is 0. The summed E-state index contributed by atoms with van der Waals surface area (Å²) in [5.41, 5.74) is 0.668. The normalized spacial score (nSPS) is 9.85. The Labute approximate surface area is 118 Å². The summed E-state index contributed by atoms with van der Waals surface area (Å²) < 4.78 is 12.9. The Morgan fingerprint density at radius 3 is 2.55 bits per heavy atom. The van der Waals surface area contributed by atoms with Crippen molar-refractivity contribution in [2.24, 2.45) is 0 Å². The second-order valence-electron chi connectivity index (χ2n) is 3.85. The highest BCUT2D eigenvalue weighted by molar-refractivity contribution is 6.33. The molecule has 7 heteroatoms. The first-order valence-corrected chi connectivity index (χ1v) is 5.79. The van der Waals surface area contributed by atoms with Gasteiger partial charge in [0.25, 0.3) is 5.69 Å². The van der Waals surface area contributed by atoms with Gasteiger partial charge in [-0.1, -0.05) is 11.6 Å². The summed E-state index contributed by atoms with van der Waals surface area (Å²) in [5, 5.41) is 22.6. The number of nitrogens with one attached hydrogen (secondary N) is 1. The number of hydrogen-bond acceptors (Lipinski definition) is 4. The van der Waals surface area contributed by atoms with Gasteiger partial charge in [0.05, 0.1) is 26.9 Å². The van der Waals surface area contributed by atoms with Crippen molar-refractivity contribution in [3.8, 4) is 6.07 Å². The van der Waals surface area contributed by atoms with Crippen LogP contribution >= 0.6 is 11.6 Å². The quantitative estimate of drug-likeness (QED) is 0.684. The molecule has 0 spiro atoms. The summed E-state index contributed by atoms with van der Waals surface area (Å²) in [5.74, 6) is -0.482. The molecule has 0 amide bonds. The fourth-order valence-electron chi connectivity index (χ4n) is 1.58. The molecule has 2 aromatic rings. The average Bonchev–Trinajstić information content (AvgIpc) is 2.42. The predicted octanol–water partition coefficient (Wildman–Crippen LogP) is 4.00. The molecular weight excluding hydrogens is 285 g/mol. The minimum Gasteiger partial charge on any atom is -0.353 e. The lowest BCUT2D eigenvalue weighted by Crippen LogP contribution is -1.96. The van der Waals surface area contributed by atoms with E-state index in [0.717, 1.165) is 12.1 Å². The molecule has 2 rings (SSSR count). The smallest absolute Gasteiger partial charge is 0.270 e. The zero-order valence-corrected chi connectivity index (χ0v) is 10.7. The number of rotatable bonds is 3. The molecular formula is C13H7ClFN3O2. The summed E-state index contributed by atoms with van der Waals surface area (Å²) in [6.07, 6.45) is 0. The van der Waals surface area contributed by atoms with E-state index < -0.39 is 10.7 Å². The monoisotopic (exact) mass is 291 g/mol. The third kappa shape index (κ3) is 2.84. The first-order chi connectivity index (χ1) is 9.51. The Kier molecular flexibility index (Phi) is 3.82. The number of nitro benzene ring substituents is 1. The molecule has 0 heterocycles. The molecule has 0 fully saturated rings. The number of hydrogen-bond donors (Lipinski definition) is 1. The molecule has 0 saturated carbocycles. The minimum absolute atomic E-state index is 0.0968. The summed E-state index contributed by atoms with van der Waals surface area (Å²) in [4.78, 5) is 10.1. The van der Waals surface area contributed by atoms with E-state index in [4.69, 9.17) is 16.9 Å². The highest BCUT2D eigenvalue weighted by Crippen LogP contribution is 2.29. The molecule has 0 aliphatic carbocycles. The number of nitriles is 1. The van der Waals surface area contributed by atoms with E-state index in [1.165, 1.54) is 24.3 Å². The second kappa shape index (κ2) is 5.55. The predicted molar refractivity (Wildman–Crippen MR) is 72.5 cm³/mol. The van der Waals surface area contributed by atoms with Crippen LogP contribution in [0.3, 0.4) is 0 Å². The van der Waals surface area contributed by atoms with Gasteiger partial charge in [0.1, 0.15) is 11.9 Å². The first kappa shape index (κ1) is 13.8. The van der Waals surface area contributed by atoms with E-state index in [-0.39, 0.29) is 16.3 Å². The van der Waals surface area contributed by atoms with Crippen molar-refractivity contribution in [2.75, 3.05) is 5.32 Å². The van der Waals surface area contributed by atoms with E-state index in [0.29, 0.717) is 11.4 Å². The largest absolute Gasteiger partial charge is 0.353 e. The van der Waals surface area contributed by atoms with Crippen molar-refractivity contribution in [1.82, 2.24) is 0 Å². The summed E-state index contributed by atoms with van der Waals surface area (Å²) in [7, 11) is 0. The number of nitro groups is 1. The molecule has 0 atom stereocenters. The van der Waals surface area contributed by atoms with Crippen LogP contribution in [0.4, 0.5) is 21.5 Å². The molecule has 20 heavy (non-hydrogen) atoms. The molecule has 0 saturated heterocycles. The molecule has 0 aliphatic rings. The molecule has 2 aromatic carbocycles.